The summed E-state index contributed by atoms with van der Waals surface area (Å²) in [5.41, 5.74) is 10.3. The van der Waals surface area contributed by atoms with Gasteiger partial charge in [0.15, 0.2) is 0 Å². The molecular weight excluding hydrogens is 438 g/mol. The Morgan fingerprint density at radius 3 is 1.43 bits per heavy atom. The number of nitrogens with zero attached hydrogens (tertiary/aromatic N) is 6. The molecule has 0 spiro atoms. The predicted molar refractivity (Wildman–Crippen MR) is 136 cm³/mol. The van der Waals surface area contributed by atoms with Crippen LogP contribution in [0.3, 0.4) is 0 Å². The van der Waals surface area contributed by atoms with Gasteiger partial charge in [-0.3, -0.25) is 29.7 Å². The highest BCUT2D eigenvalue weighted by Crippen LogP contribution is 2.13. The van der Waals surface area contributed by atoms with Crippen LogP contribution in [0.1, 0.15) is 22.8 Å². The summed E-state index contributed by atoms with van der Waals surface area (Å²) in [7, 11) is 0. The number of hydrogen-bond donors (Lipinski definition) is 2. The van der Waals surface area contributed by atoms with Gasteiger partial charge in [0, 0.05) is 69.7 Å². The molecule has 0 saturated heterocycles. The topological polar surface area (TPSA) is 104 Å². The highest BCUT2D eigenvalue weighted by molar-refractivity contribution is 5.37. The molecule has 4 aromatic rings. The average molecular weight is 470 g/mol. The first-order valence-corrected chi connectivity index (χ1v) is 11.7. The summed E-state index contributed by atoms with van der Waals surface area (Å²) in [6, 6.07) is 21.2. The van der Waals surface area contributed by atoms with E-state index in [2.05, 4.69) is 29.7 Å². The number of aliphatic hydroxyl groups is 1. The zero-order valence-electron chi connectivity index (χ0n) is 19.7. The van der Waals surface area contributed by atoms with Crippen LogP contribution in [-0.2, 0) is 26.2 Å². The number of nitrogen functional groups attached to an aromatic ring is 1. The first-order valence-electron chi connectivity index (χ1n) is 11.7. The highest BCUT2D eigenvalue weighted by Gasteiger charge is 2.19. The van der Waals surface area contributed by atoms with E-state index in [1.54, 1.807) is 30.9 Å². The van der Waals surface area contributed by atoms with E-state index >= 15 is 0 Å². The molecule has 1 atom stereocenters. The molecule has 0 aliphatic carbocycles. The lowest BCUT2D eigenvalue weighted by atomic mass is 10.2. The average Bonchev–Trinajstić information content (AvgIpc) is 2.86. The van der Waals surface area contributed by atoms with Gasteiger partial charge in [-0.15, -0.1) is 0 Å². The second-order valence-electron chi connectivity index (χ2n) is 8.54. The summed E-state index contributed by atoms with van der Waals surface area (Å²) in [5.74, 6) is 0. The SMILES string of the molecule is Nc1ccnc(CN(Cc2ccccn2)CC(O)CN(Cc2ccccn2)Cc2ccccn2)c1. The molecule has 0 aliphatic rings. The van der Waals surface area contributed by atoms with Crippen LogP contribution in [-0.4, -0.2) is 54.0 Å². The van der Waals surface area contributed by atoms with Crippen molar-refractivity contribution in [3.05, 3.63) is 114 Å². The van der Waals surface area contributed by atoms with Gasteiger partial charge in [-0.05, 0) is 48.5 Å². The number of nitrogens with two attached hydrogens (primary N) is 1. The molecule has 4 rings (SSSR count). The molecule has 180 valence electrons. The van der Waals surface area contributed by atoms with Crippen LogP contribution in [0.15, 0.2) is 91.5 Å². The molecule has 0 bridgehead atoms. The summed E-state index contributed by atoms with van der Waals surface area (Å²) < 4.78 is 0. The Hall–Kier alpha value is -3.72. The number of anilines is 1. The molecule has 0 amide bonds. The summed E-state index contributed by atoms with van der Waals surface area (Å²) >= 11 is 0. The van der Waals surface area contributed by atoms with Crippen LogP contribution < -0.4 is 5.73 Å². The van der Waals surface area contributed by atoms with E-state index in [9.17, 15) is 5.11 Å². The van der Waals surface area contributed by atoms with Gasteiger partial charge >= 0.3 is 0 Å². The molecule has 3 N–H and O–H groups in total. The van der Waals surface area contributed by atoms with E-state index in [1.807, 2.05) is 60.7 Å². The molecule has 8 nitrogen and oxygen atoms in total. The Morgan fingerprint density at radius 1 is 0.600 bits per heavy atom. The van der Waals surface area contributed by atoms with Crippen molar-refractivity contribution in [3.63, 3.8) is 0 Å². The number of pyridine rings is 4. The molecule has 0 saturated carbocycles. The maximum Gasteiger partial charge on any atom is 0.0794 e. The lowest BCUT2D eigenvalue weighted by Crippen LogP contribution is -2.40. The molecule has 8 heteroatoms. The van der Waals surface area contributed by atoms with Crippen LogP contribution >= 0.6 is 0 Å². The van der Waals surface area contributed by atoms with Gasteiger partial charge < -0.3 is 10.8 Å². The highest BCUT2D eigenvalue weighted by atomic mass is 16.3. The van der Waals surface area contributed by atoms with Crippen LogP contribution in [0.2, 0.25) is 0 Å². The second kappa shape index (κ2) is 12.7. The van der Waals surface area contributed by atoms with E-state index in [-0.39, 0.29) is 0 Å². The lowest BCUT2D eigenvalue weighted by molar-refractivity contribution is 0.0615. The fraction of sp³-hybridized carbons (Fsp3) is 0.259. The Labute approximate surface area is 206 Å². The smallest absolute Gasteiger partial charge is 0.0794 e. The van der Waals surface area contributed by atoms with Gasteiger partial charge in [-0.2, -0.15) is 0 Å². The van der Waals surface area contributed by atoms with Crippen molar-refractivity contribution >= 4 is 5.69 Å². The van der Waals surface area contributed by atoms with Crippen molar-refractivity contribution < 1.29 is 5.11 Å². The Morgan fingerprint density at radius 2 is 1.03 bits per heavy atom. The number of aromatic nitrogens is 4. The van der Waals surface area contributed by atoms with E-state index in [0.29, 0.717) is 45.0 Å². The standard InChI is InChI=1S/C27H31N7O/c28-22-10-14-32-26(15-22)19-34(18-25-9-3-6-13-31-25)21-27(35)20-33(16-23-7-1-4-11-29-23)17-24-8-2-5-12-30-24/h1-15,27,35H,16-21H2,(H2,28,32). The molecule has 4 aromatic heterocycles. The lowest BCUT2D eigenvalue weighted by Gasteiger charge is -2.29. The van der Waals surface area contributed by atoms with Crippen LogP contribution in [0.4, 0.5) is 5.69 Å². The molecule has 35 heavy (non-hydrogen) atoms. The van der Waals surface area contributed by atoms with Gasteiger partial charge in [-0.25, -0.2) is 0 Å². The quantitative estimate of drug-likeness (QED) is 0.326. The molecule has 4 heterocycles. The van der Waals surface area contributed by atoms with Gasteiger partial charge in [0.2, 0.25) is 0 Å². The zero-order valence-corrected chi connectivity index (χ0v) is 19.7. The van der Waals surface area contributed by atoms with Gasteiger partial charge in [0.05, 0.1) is 28.9 Å². The van der Waals surface area contributed by atoms with Crippen LogP contribution in [0.5, 0.6) is 0 Å². The minimum Gasteiger partial charge on any atom is -0.399 e. The van der Waals surface area contributed by atoms with E-state index in [4.69, 9.17) is 5.73 Å². The summed E-state index contributed by atoms with van der Waals surface area (Å²) in [6.07, 6.45) is 6.47. The van der Waals surface area contributed by atoms with Crippen LogP contribution in [0.25, 0.3) is 0 Å². The van der Waals surface area contributed by atoms with Crippen LogP contribution in [0, 0.1) is 0 Å². The van der Waals surface area contributed by atoms with Gasteiger partial charge in [0.1, 0.15) is 0 Å². The maximum atomic E-state index is 11.2. The first-order chi connectivity index (χ1) is 17.1. The molecule has 0 radical (unpaired) electrons. The van der Waals surface area contributed by atoms with Crippen molar-refractivity contribution in [3.8, 4) is 0 Å². The zero-order chi connectivity index (χ0) is 24.3. The summed E-state index contributed by atoms with van der Waals surface area (Å²) in [6.45, 7) is 3.30. The van der Waals surface area contributed by atoms with Gasteiger partial charge in [0.25, 0.3) is 0 Å². The van der Waals surface area contributed by atoms with Crippen molar-refractivity contribution in [1.29, 1.82) is 0 Å². The van der Waals surface area contributed by atoms with Crippen molar-refractivity contribution in [2.45, 2.75) is 32.3 Å². The largest absolute Gasteiger partial charge is 0.399 e. The molecule has 0 aromatic carbocycles. The molecule has 0 fully saturated rings. The third kappa shape index (κ3) is 8.22. The fourth-order valence-electron chi connectivity index (χ4n) is 4.00. The molecular formula is C27H31N7O. The summed E-state index contributed by atoms with van der Waals surface area (Å²) in [5, 5.41) is 11.2. The van der Waals surface area contributed by atoms with Crippen molar-refractivity contribution in [1.82, 2.24) is 29.7 Å². The predicted octanol–water partition coefficient (Wildman–Crippen LogP) is 2.91. The third-order valence-electron chi connectivity index (χ3n) is 5.50. The van der Waals surface area contributed by atoms with Crippen molar-refractivity contribution in [2.75, 3.05) is 18.8 Å². The normalized spacial score (nSPS) is 12.2. The van der Waals surface area contributed by atoms with E-state index in [1.165, 1.54) is 0 Å². The third-order valence-corrected chi connectivity index (χ3v) is 5.50. The van der Waals surface area contributed by atoms with E-state index < -0.39 is 6.10 Å². The van der Waals surface area contributed by atoms with Gasteiger partial charge in [-0.1, -0.05) is 18.2 Å². The maximum absolute atomic E-state index is 11.2. The summed E-state index contributed by atoms with van der Waals surface area (Å²) in [4.78, 5) is 22.2. The monoisotopic (exact) mass is 469 g/mol. The number of aliphatic hydroxyl groups excluding tert-OH is 1. The fourth-order valence-corrected chi connectivity index (χ4v) is 4.00. The Balaban J connectivity index is 1.46. The minimum absolute atomic E-state index is 0.452. The Kier molecular flexibility index (Phi) is 8.83. The molecule has 1 unspecified atom stereocenters. The Bertz CT molecular complexity index is 1100. The number of rotatable bonds is 12. The molecule has 0 aliphatic heterocycles. The van der Waals surface area contributed by atoms with E-state index in [0.717, 1.165) is 22.8 Å². The van der Waals surface area contributed by atoms with Crippen molar-refractivity contribution in [2.24, 2.45) is 0 Å². The second-order valence-corrected chi connectivity index (χ2v) is 8.54. The number of hydrogen-bond acceptors (Lipinski definition) is 8. The minimum atomic E-state index is -0.604. The first kappa shape index (κ1) is 24.4.